The number of carbonyl (C=O) groups is 1. The van der Waals surface area contributed by atoms with E-state index in [1.807, 2.05) is 13.1 Å². The minimum atomic E-state index is -0.927. The van der Waals surface area contributed by atoms with Crippen molar-refractivity contribution in [2.24, 2.45) is 0 Å². The van der Waals surface area contributed by atoms with Crippen molar-refractivity contribution in [1.82, 2.24) is 4.31 Å². The van der Waals surface area contributed by atoms with Gasteiger partial charge in [-0.2, -0.15) is 0 Å². The second-order valence-corrected chi connectivity index (χ2v) is 5.72. The Balaban J connectivity index is 2.51. The van der Waals surface area contributed by atoms with Gasteiger partial charge in [0, 0.05) is 24.8 Å². The fraction of sp³-hybridized carbons (Fsp3) is 0.400. The van der Waals surface area contributed by atoms with Gasteiger partial charge in [-0.1, -0.05) is 17.9 Å². The fourth-order valence-corrected chi connectivity index (χ4v) is 1.91. The van der Waals surface area contributed by atoms with Crippen LogP contribution in [-0.4, -0.2) is 41.4 Å². The van der Waals surface area contributed by atoms with Crippen molar-refractivity contribution in [3.8, 4) is 11.8 Å². The Hall–Kier alpha value is -1.64. The zero-order chi connectivity index (χ0) is 15.0. The van der Waals surface area contributed by atoms with E-state index in [0.717, 1.165) is 24.9 Å². The van der Waals surface area contributed by atoms with Crippen molar-refractivity contribution >= 4 is 17.0 Å². The number of benzene rings is 1. The topological polar surface area (TPSA) is 46.6 Å². The molecule has 0 heterocycles. The molecule has 5 heteroatoms. The maximum atomic E-state index is 11.4. The van der Waals surface area contributed by atoms with Crippen LogP contribution in [0, 0.1) is 11.8 Å². The second-order valence-electron chi connectivity index (χ2n) is 4.25. The molecule has 20 heavy (non-hydrogen) atoms. The molecule has 0 aromatic heterocycles. The Labute approximate surface area is 122 Å². The highest BCUT2D eigenvalue weighted by Crippen LogP contribution is 2.05. The van der Waals surface area contributed by atoms with Gasteiger partial charge in [-0.25, -0.2) is 13.3 Å². The third kappa shape index (κ3) is 5.55. The highest BCUT2D eigenvalue weighted by atomic mass is 32.2. The number of ether oxygens (including phenoxy) is 1. The van der Waals surface area contributed by atoms with Crippen molar-refractivity contribution in [2.75, 3.05) is 27.0 Å². The number of nitrogens with zero attached hydrogens (tertiary/aromatic N) is 1. The Morgan fingerprint density at radius 1 is 1.45 bits per heavy atom. The first kappa shape index (κ1) is 16.4. The molecule has 0 saturated heterocycles. The van der Waals surface area contributed by atoms with E-state index in [4.69, 9.17) is 0 Å². The number of esters is 1. The van der Waals surface area contributed by atoms with Gasteiger partial charge in [0.05, 0.1) is 23.7 Å². The van der Waals surface area contributed by atoms with E-state index in [2.05, 4.69) is 16.6 Å². The SMILES string of the molecule is COC(=O)c1cccc(C#CCCCN(C)S(C)=O)c1. The summed E-state index contributed by atoms with van der Waals surface area (Å²) in [6.07, 6.45) is 3.24. The van der Waals surface area contributed by atoms with Crippen molar-refractivity contribution in [3.63, 3.8) is 0 Å². The zero-order valence-electron chi connectivity index (χ0n) is 12.0. The average molecular weight is 293 g/mol. The monoisotopic (exact) mass is 293 g/mol. The van der Waals surface area contributed by atoms with Crippen LogP contribution in [0.5, 0.6) is 0 Å². The van der Waals surface area contributed by atoms with Crippen LogP contribution in [0.2, 0.25) is 0 Å². The molecular weight excluding hydrogens is 274 g/mol. The highest BCUT2D eigenvalue weighted by molar-refractivity contribution is 7.81. The van der Waals surface area contributed by atoms with Gasteiger partial charge in [0.2, 0.25) is 0 Å². The van der Waals surface area contributed by atoms with Crippen molar-refractivity contribution in [2.45, 2.75) is 12.8 Å². The molecule has 0 fully saturated rings. The van der Waals surface area contributed by atoms with Gasteiger partial charge in [-0.15, -0.1) is 0 Å². The molecule has 1 aromatic rings. The number of rotatable bonds is 5. The van der Waals surface area contributed by atoms with Crippen LogP contribution in [-0.2, 0) is 15.7 Å². The van der Waals surface area contributed by atoms with E-state index >= 15 is 0 Å². The number of carbonyl (C=O) groups excluding carboxylic acids is 1. The van der Waals surface area contributed by atoms with Crippen LogP contribution in [0.15, 0.2) is 24.3 Å². The molecule has 1 unspecified atom stereocenters. The van der Waals surface area contributed by atoms with E-state index in [1.165, 1.54) is 7.11 Å². The molecule has 0 radical (unpaired) electrons. The number of methoxy groups -OCH3 is 1. The maximum absolute atomic E-state index is 11.4. The zero-order valence-corrected chi connectivity index (χ0v) is 12.8. The molecular formula is C15H19NO3S. The quantitative estimate of drug-likeness (QED) is 0.473. The highest BCUT2D eigenvalue weighted by Gasteiger charge is 2.04. The molecule has 4 nitrogen and oxygen atoms in total. The smallest absolute Gasteiger partial charge is 0.337 e. The number of unbranched alkanes of at least 4 members (excludes halogenated alkanes) is 1. The minimum Gasteiger partial charge on any atom is -0.465 e. The largest absolute Gasteiger partial charge is 0.465 e. The average Bonchev–Trinajstić information content (AvgIpc) is 2.46. The lowest BCUT2D eigenvalue weighted by Crippen LogP contribution is -2.20. The molecule has 0 saturated carbocycles. The number of hydrogen-bond donors (Lipinski definition) is 0. The lowest BCUT2D eigenvalue weighted by atomic mass is 10.1. The molecule has 0 aliphatic heterocycles. The Kier molecular flexibility index (Phi) is 6.99. The van der Waals surface area contributed by atoms with Gasteiger partial charge in [0.25, 0.3) is 0 Å². The van der Waals surface area contributed by atoms with Gasteiger partial charge in [0.15, 0.2) is 0 Å². The van der Waals surface area contributed by atoms with Crippen LogP contribution in [0.3, 0.4) is 0 Å². The van der Waals surface area contributed by atoms with Crippen LogP contribution < -0.4 is 0 Å². The second kappa shape index (κ2) is 8.51. The predicted molar refractivity (Wildman–Crippen MR) is 80.6 cm³/mol. The summed E-state index contributed by atoms with van der Waals surface area (Å²) >= 11 is 0. The van der Waals surface area contributed by atoms with E-state index in [9.17, 15) is 9.00 Å². The Morgan fingerprint density at radius 2 is 2.20 bits per heavy atom. The van der Waals surface area contributed by atoms with Crippen molar-refractivity contribution in [1.29, 1.82) is 0 Å². The van der Waals surface area contributed by atoms with E-state index in [1.54, 1.807) is 28.8 Å². The van der Waals surface area contributed by atoms with Crippen LogP contribution in [0.25, 0.3) is 0 Å². The van der Waals surface area contributed by atoms with Crippen molar-refractivity contribution in [3.05, 3.63) is 35.4 Å². The molecule has 108 valence electrons. The standard InChI is InChI=1S/C15H19NO3S/c1-16(20(3)18)11-6-4-5-8-13-9-7-10-14(12-13)15(17)19-2/h7,9-10,12H,4,6,11H2,1-3H3. The summed E-state index contributed by atoms with van der Waals surface area (Å²) < 4.78 is 17.6. The molecule has 1 aromatic carbocycles. The van der Waals surface area contributed by atoms with E-state index in [0.29, 0.717) is 5.56 Å². The van der Waals surface area contributed by atoms with Crippen LogP contribution in [0.1, 0.15) is 28.8 Å². The lowest BCUT2D eigenvalue weighted by Gasteiger charge is -2.10. The molecule has 1 atom stereocenters. The molecule has 0 aliphatic carbocycles. The summed E-state index contributed by atoms with van der Waals surface area (Å²) in [4.78, 5) is 11.4. The molecule has 0 spiro atoms. The van der Waals surface area contributed by atoms with E-state index in [-0.39, 0.29) is 5.97 Å². The number of hydrogen-bond acceptors (Lipinski definition) is 3. The van der Waals surface area contributed by atoms with E-state index < -0.39 is 11.0 Å². The lowest BCUT2D eigenvalue weighted by molar-refractivity contribution is 0.0600. The molecule has 0 bridgehead atoms. The van der Waals surface area contributed by atoms with Gasteiger partial charge in [-0.05, 0) is 31.7 Å². The third-order valence-electron chi connectivity index (χ3n) is 2.73. The summed E-state index contributed by atoms with van der Waals surface area (Å²) in [5.74, 6) is 5.71. The first-order chi connectivity index (χ1) is 9.54. The van der Waals surface area contributed by atoms with Crippen molar-refractivity contribution < 1.29 is 13.7 Å². The molecule has 1 rings (SSSR count). The van der Waals surface area contributed by atoms with Gasteiger partial charge >= 0.3 is 5.97 Å². The Bertz CT molecular complexity index is 546. The summed E-state index contributed by atoms with van der Waals surface area (Å²) in [6.45, 7) is 0.750. The maximum Gasteiger partial charge on any atom is 0.337 e. The van der Waals surface area contributed by atoms with Crippen LogP contribution in [0.4, 0.5) is 0 Å². The predicted octanol–water partition coefficient (Wildman–Crippen LogP) is 1.83. The summed E-state index contributed by atoms with van der Waals surface area (Å²) in [6, 6.07) is 7.05. The van der Waals surface area contributed by atoms with Crippen LogP contribution >= 0.6 is 0 Å². The first-order valence-electron chi connectivity index (χ1n) is 6.26. The summed E-state index contributed by atoms with van der Waals surface area (Å²) in [7, 11) is 2.25. The fourth-order valence-electron chi connectivity index (χ4n) is 1.52. The minimum absolute atomic E-state index is 0.360. The summed E-state index contributed by atoms with van der Waals surface area (Å²) in [5.41, 5.74) is 1.29. The Morgan fingerprint density at radius 3 is 2.85 bits per heavy atom. The normalized spacial score (nSPS) is 11.6. The summed E-state index contributed by atoms with van der Waals surface area (Å²) in [5, 5.41) is 0. The molecule has 0 aliphatic rings. The van der Waals surface area contributed by atoms with Gasteiger partial charge in [-0.3, -0.25) is 0 Å². The molecule has 0 amide bonds. The van der Waals surface area contributed by atoms with Gasteiger partial charge < -0.3 is 4.74 Å². The first-order valence-corrected chi connectivity index (χ1v) is 7.78. The van der Waals surface area contributed by atoms with Gasteiger partial charge in [0.1, 0.15) is 0 Å². The third-order valence-corrected chi connectivity index (χ3v) is 3.79. The molecule has 0 N–H and O–H groups in total.